The van der Waals surface area contributed by atoms with Crippen molar-refractivity contribution in [3.8, 4) is 33.4 Å². The summed E-state index contributed by atoms with van der Waals surface area (Å²) in [6.45, 7) is 4.71. The van der Waals surface area contributed by atoms with Crippen molar-refractivity contribution in [3.63, 3.8) is 0 Å². The molecule has 1 aromatic heterocycles. The molecule has 47 heavy (non-hydrogen) atoms. The molecule has 0 aliphatic heterocycles. The van der Waals surface area contributed by atoms with E-state index in [-0.39, 0.29) is 5.41 Å². The maximum Gasteiger partial charge on any atom is 0.0468 e. The van der Waals surface area contributed by atoms with Crippen LogP contribution in [0.1, 0.15) is 25.0 Å². The molecule has 1 aliphatic carbocycles. The molecule has 0 bridgehead atoms. The minimum absolute atomic E-state index is 0.0747. The third kappa shape index (κ3) is 4.60. The highest BCUT2D eigenvalue weighted by Crippen LogP contribution is 2.51. The molecule has 1 aliphatic rings. The molecule has 1 heterocycles. The maximum atomic E-state index is 2.43. The van der Waals surface area contributed by atoms with E-state index in [1.165, 1.54) is 70.4 Å². The van der Waals surface area contributed by atoms with Crippen LogP contribution in [0.2, 0.25) is 0 Å². The number of hydrogen-bond acceptors (Lipinski definition) is 2. The fourth-order valence-electron chi connectivity index (χ4n) is 7.44. The van der Waals surface area contributed by atoms with E-state index in [9.17, 15) is 0 Å². The van der Waals surface area contributed by atoms with Gasteiger partial charge in [-0.3, -0.25) is 0 Å². The Morgan fingerprint density at radius 3 is 1.83 bits per heavy atom. The number of nitrogens with zero attached hydrogens (tertiary/aromatic N) is 1. The normalized spacial score (nSPS) is 13.1. The highest BCUT2D eigenvalue weighted by Gasteiger charge is 2.35. The van der Waals surface area contributed by atoms with Gasteiger partial charge in [0.05, 0.1) is 0 Å². The molecule has 0 saturated heterocycles. The smallest absolute Gasteiger partial charge is 0.0468 e. The van der Waals surface area contributed by atoms with Gasteiger partial charge < -0.3 is 4.90 Å². The quantitative estimate of drug-likeness (QED) is 0.185. The van der Waals surface area contributed by atoms with Crippen LogP contribution in [0, 0.1) is 0 Å². The topological polar surface area (TPSA) is 3.24 Å². The average molecular weight is 620 g/mol. The highest BCUT2D eigenvalue weighted by atomic mass is 32.1. The lowest BCUT2D eigenvalue weighted by molar-refractivity contribution is 0.660. The fraction of sp³-hybridized carbons (Fsp3) is 0.0667. The van der Waals surface area contributed by atoms with Crippen LogP contribution in [0.5, 0.6) is 0 Å². The minimum atomic E-state index is -0.0747. The summed E-state index contributed by atoms with van der Waals surface area (Å²) >= 11 is 1.86. The van der Waals surface area contributed by atoms with Gasteiger partial charge in [0, 0.05) is 42.6 Å². The number of hydrogen-bond donors (Lipinski definition) is 0. The molecule has 0 saturated carbocycles. The molecule has 0 radical (unpaired) electrons. The predicted octanol–water partition coefficient (Wildman–Crippen LogP) is 13.2. The molecular formula is C45H33NS. The van der Waals surface area contributed by atoms with Crippen LogP contribution in [0.25, 0.3) is 53.6 Å². The Morgan fingerprint density at radius 1 is 0.404 bits per heavy atom. The van der Waals surface area contributed by atoms with E-state index in [0.717, 1.165) is 11.4 Å². The Balaban J connectivity index is 1.18. The summed E-state index contributed by atoms with van der Waals surface area (Å²) in [5, 5.41) is 2.62. The van der Waals surface area contributed by atoms with Crippen LogP contribution in [0.4, 0.5) is 17.1 Å². The third-order valence-corrected chi connectivity index (χ3v) is 11.0. The van der Waals surface area contributed by atoms with Crippen molar-refractivity contribution in [1.82, 2.24) is 0 Å². The first-order valence-corrected chi connectivity index (χ1v) is 17.1. The Kier molecular flexibility index (Phi) is 6.41. The highest BCUT2D eigenvalue weighted by molar-refractivity contribution is 7.25. The molecule has 1 nitrogen and oxygen atoms in total. The van der Waals surface area contributed by atoms with Crippen molar-refractivity contribution >= 4 is 48.6 Å². The number of rotatable bonds is 5. The summed E-state index contributed by atoms with van der Waals surface area (Å²) in [5.41, 5.74) is 13.7. The molecule has 224 valence electrons. The fourth-order valence-corrected chi connectivity index (χ4v) is 8.53. The van der Waals surface area contributed by atoms with Crippen molar-refractivity contribution in [2.45, 2.75) is 19.3 Å². The first-order chi connectivity index (χ1) is 23.0. The lowest BCUT2D eigenvalue weighted by Crippen LogP contribution is -2.16. The second-order valence-electron chi connectivity index (χ2n) is 13.0. The second kappa shape index (κ2) is 10.8. The van der Waals surface area contributed by atoms with Crippen LogP contribution >= 0.6 is 11.3 Å². The predicted molar refractivity (Wildman–Crippen MR) is 202 cm³/mol. The molecule has 0 fully saturated rings. The van der Waals surface area contributed by atoms with Gasteiger partial charge in [0.2, 0.25) is 0 Å². The van der Waals surface area contributed by atoms with E-state index in [1.54, 1.807) is 0 Å². The number of anilines is 3. The zero-order chi connectivity index (χ0) is 31.5. The van der Waals surface area contributed by atoms with Gasteiger partial charge in [-0.2, -0.15) is 0 Å². The zero-order valence-electron chi connectivity index (χ0n) is 26.4. The molecule has 0 spiro atoms. The van der Waals surface area contributed by atoms with E-state index in [4.69, 9.17) is 0 Å². The molecule has 0 amide bonds. The van der Waals surface area contributed by atoms with Crippen molar-refractivity contribution in [1.29, 1.82) is 0 Å². The van der Waals surface area contributed by atoms with E-state index >= 15 is 0 Å². The number of thiophene rings is 1. The van der Waals surface area contributed by atoms with Gasteiger partial charge in [0.25, 0.3) is 0 Å². The molecular weight excluding hydrogens is 587 g/mol. The summed E-state index contributed by atoms with van der Waals surface area (Å²) < 4.78 is 2.64. The van der Waals surface area contributed by atoms with Crippen LogP contribution in [-0.4, -0.2) is 0 Å². The summed E-state index contributed by atoms with van der Waals surface area (Å²) in [5.74, 6) is 0. The Hall–Kier alpha value is -5.44. The third-order valence-electron chi connectivity index (χ3n) is 9.87. The van der Waals surface area contributed by atoms with Gasteiger partial charge in [0.15, 0.2) is 0 Å². The molecule has 0 N–H and O–H groups in total. The van der Waals surface area contributed by atoms with E-state index in [2.05, 4.69) is 183 Å². The summed E-state index contributed by atoms with van der Waals surface area (Å²) in [6, 6.07) is 60.1. The van der Waals surface area contributed by atoms with Gasteiger partial charge in [-0.25, -0.2) is 0 Å². The van der Waals surface area contributed by atoms with Crippen LogP contribution in [-0.2, 0) is 5.41 Å². The van der Waals surface area contributed by atoms with Crippen molar-refractivity contribution in [3.05, 3.63) is 175 Å². The minimum Gasteiger partial charge on any atom is -0.310 e. The summed E-state index contributed by atoms with van der Waals surface area (Å²) in [7, 11) is 0. The molecule has 0 atom stereocenters. The van der Waals surface area contributed by atoms with Gasteiger partial charge in [0.1, 0.15) is 0 Å². The van der Waals surface area contributed by atoms with Crippen LogP contribution in [0.15, 0.2) is 164 Å². The molecule has 2 heteroatoms. The van der Waals surface area contributed by atoms with Gasteiger partial charge in [-0.1, -0.05) is 123 Å². The van der Waals surface area contributed by atoms with E-state index in [0.29, 0.717) is 0 Å². The van der Waals surface area contributed by atoms with Crippen molar-refractivity contribution in [2.75, 3.05) is 4.90 Å². The first kappa shape index (κ1) is 27.8. The molecule has 0 unspecified atom stereocenters. The number of fused-ring (bicyclic) bond motifs is 6. The van der Waals surface area contributed by atoms with Crippen molar-refractivity contribution < 1.29 is 0 Å². The van der Waals surface area contributed by atoms with Crippen LogP contribution in [0.3, 0.4) is 0 Å². The standard InChI is InChI=1S/C45H33NS/c1-45(2)41-17-8-6-15-37(41)38-25-23-36(29-42(38)45)46(35-24-26-44-40(28-35)39-16-7-9-18-43(39)47-44)34-21-19-31(20-22-34)33-14-10-13-32(27-33)30-11-4-3-5-12-30/h3-29H,1-2H3. The van der Waals surface area contributed by atoms with Crippen LogP contribution < -0.4 is 4.90 Å². The zero-order valence-corrected chi connectivity index (χ0v) is 27.3. The lowest BCUT2D eigenvalue weighted by Gasteiger charge is -2.28. The summed E-state index contributed by atoms with van der Waals surface area (Å²) in [6.07, 6.45) is 0. The molecule has 9 rings (SSSR count). The van der Waals surface area contributed by atoms with Crippen molar-refractivity contribution in [2.24, 2.45) is 0 Å². The molecule has 7 aromatic carbocycles. The second-order valence-corrected chi connectivity index (χ2v) is 14.1. The SMILES string of the molecule is CC1(C)c2ccccc2-c2ccc(N(c3ccc(-c4cccc(-c5ccccc5)c4)cc3)c3ccc4sc5ccccc5c4c3)cc21. The van der Waals surface area contributed by atoms with Gasteiger partial charge in [-0.15, -0.1) is 11.3 Å². The molecule has 8 aromatic rings. The maximum absolute atomic E-state index is 2.43. The van der Waals surface area contributed by atoms with Gasteiger partial charge in [-0.05, 0) is 99.1 Å². The Morgan fingerprint density at radius 2 is 1.00 bits per heavy atom. The first-order valence-electron chi connectivity index (χ1n) is 16.3. The monoisotopic (exact) mass is 619 g/mol. The largest absolute Gasteiger partial charge is 0.310 e. The summed E-state index contributed by atoms with van der Waals surface area (Å²) in [4.78, 5) is 2.43. The van der Waals surface area contributed by atoms with E-state index < -0.39 is 0 Å². The Labute approximate surface area is 280 Å². The van der Waals surface area contributed by atoms with Gasteiger partial charge >= 0.3 is 0 Å². The average Bonchev–Trinajstić information content (AvgIpc) is 3.61. The Bertz CT molecular complexity index is 2430. The van der Waals surface area contributed by atoms with E-state index in [1.807, 2.05) is 11.3 Å². The lowest BCUT2D eigenvalue weighted by atomic mass is 9.82. The number of benzene rings is 7.